The Kier molecular flexibility index (Phi) is 6.19. The summed E-state index contributed by atoms with van der Waals surface area (Å²) >= 11 is 0. The SMILES string of the molecule is C=C(/C=C\C=C/N)NCCC. The molecule has 0 aliphatic rings. The Labute approximate surface area is 68.5 Å². The molecular formula is C9H16N2. The first-order valence-electron chi connectivity index (χ1n) is 3.79. The molecule has 2 heteroatoms. The Morgan fingerprint density at radius 1 is 1.55 bits per heavy atom. The highest BCUT2D eigenvalue weighted by molar-refractivity contribution is 5.16. The summed E-state index contributed by atoms with van der Waals surface area (Å²) in [5.41, 5.74) is 6.05. The number of nitrogens with one attached hydrogen (secondary N) is 1. The molecule has 0 fully saturated rings. The highest BCUT2D eigenvalue weighted by Gasteiger charge is 1.81. The van der Waals surface area contributed by atoms with Gasteiger partial charge in [-0.3, -0.25) is 0 Å². The van der Waals surface area contributed by atoms with E-state index in [0.717, 1.165) is 18.7 Å². The third-order valence-corrected chi connectivity index (χ3v) is 1.12. The fraction of sp³-hybridized carbons (Fsp3) is 0.333. The molecule has 0 aromatic carbocycles. The molecule has 0 aromatic rings. The summed E-state index contributed by atoms with van der Waals surface area (Å²) in [6, 6.07) is 0. The van der Waals surface area contributed by atoms with Crippen LogP contribution in [0.5, 0.6) is 0 Å². The van der Waals surface area contributed by atoms with E-state index in [9.17, 15) is 0 Å². The first-order chi connectivity index (χ1) is 5.31. The van der Waals surface area contributed by atoms with E-state index >= 15 is 0 Å². The van der Waals surface area contributed by atoms with Crippen LogP contribution in [0.3, 0.4) is 0 Å². The lowest BCUT2D eigenvalue weighted by Gasteiger charge is -2.01. The van der Waals surface area contributed by atoms with Crippen LogP contribution in [-0.2, 0) is 0 Å². The van der Waals surface area contributed by atoms with E-state index in [2.05, 4.69) is 18.8 Å². The lowest BCUT2D eigenvalue weighted by atomic mass is 10.4. The number of hydrogen-bond acceptors (Lipinski definition) is 2. The molecule has 0 rings (SSSR count). The second-order valence-corrected chi connectivity index (χ2v) is 2.20. The maximum atomic E-state index is 5.13. The van der Waals surface area contributed by atoms with Crippen molar-refractivity contribution in [1.82, 2.24) is 5.32 Å². The van der Waals surface area contributed by atoms with E-state index in [1.54, 1.807) is 6.08 Å². The minimum atomic E-state index is 0.921. The summed E-state index contributed by atoms with van der Waals surface area (Å²) in [4.78, 5) is 0. The Balaban J connectivity index is 3.51. The molecule has 2 nitrogen and oxygen atoms in total. The van der Waals surface area contributed by atoms with E-state index < -0.39 is 0 Å². The number of allylic oxidation sites excluding steroid dienone is 3. The van der Waals surface area contributed by atoms with Crippen molar-refractivity contribution in [2.24, 2.45) is 5.73 Å². The third kappa shape index (κ3) is 6.71. The van der Waals surface area contributed by atoms with Crippen LogP contribution >= 0.6 is 0 Å². The van der Waals surface area contributed by atoms with E-state index in [1.807, 2.05) is 12.2 Å². The van der Waals surface area contributed by atoms with Crippen molar-refractivity contribution in [2.75, 3.05) is 6.54 Å². The summed E-state index contributed by atoms with van der Waals surface area (Å²) in [5, 5.41) is 3.14. The van der Waals surface area contributed by atoms with Gasteiger partial charge in [-0.2, -0.15) is 0 Å². The summed E-state index contributed by atoms with van der Waals surface area (Å²) in [5.74, 6) is 0. The number of hydrogen-bond donors (Lipinski definition) is 2. The Bertz CT molecular complexity index is 157. The minimum absolute atomic E-state index is 0.921. The largest absolute Gasteiger partial charge is 0.405 e. The van der Waals surface area contributed by atoms with Crippen LogP contribution in [0.2, 0.25) is 0 Å². The molecule has 0 aliphatic heterocycles. The molecule has 3 N–H and O–H groups in total. The maximum Gasteiger partial charge on any atom is 0.0267 e. The quantitative estimate of drug-likeness (QED) is 0.586. The monoisotopic (exact) mass is 152 g/mol. The molecule has 0 atom stereocenters. The zero-order chi connectivity index (χ0) is 8.53. The van der Waals surface area contributed by atoms with Gasteiger partial charge in [0.1, 0.15) is 0 Å². The molecule has 0 radical (unpaired) electrons. The van der Waals surface area contributed by atoms with Gasteiger partial charge in [0, 0.05) is 12.2 Å². The van der Waals surface area contributed by atoms with Crippen LogP contribution < -0.4 is 11.1 Å². The van der Waals surface area contributed by atoms with E-state index in [0.29, 0.717) is 0 Å². The fourth-order valence-corrected chi connectivity index (χ4v) is 0.580. The smallest absolute Gasteiger partial charge is 0.0267 e. The molecule has 0 aromatic heterocycles. The Morgan fingerprint density at radius 2 is 2.27 bits per heavy atom. The second-order valence-electron chi connectivity index (χ2n) is 2.20. The van der Waals surface area contributed by atoms with Gasteiger partial charge in [0.25, 0.3) is 0 Å². The molecule has 0 amide bonds. The second kappa shape index (κ2) is 6.93. The third-order valence-electron chi connectivity index (χ3n) is 1.12. The van der Waals surface area contributed by atoms with E-state index in [4.69, 9.17) is 5.73 Å². The lowest BCUT2D eigenvalue weighted by molar-refractivity contribution is 0.787. The summed E-state index contributed by atoms with van der Waals surface area (Å²) in [6.45, 7) is 6.87. The van der Waals surface area contributed by atoms with Crippen LogP contribution in [0.15, 0.2) is 36.7 Å². The summed E-state index contributed by atoms with van der Waals surface area (Å²) < 4.78 is 0. The maximum absolute atomic E-state index is 5.13. The Morgan fingerprint density at radius 3 is 2.82 bits per heavy atom. The Hall–Kier alpha value is -1.18. The fourth-order valence-electron chi connectivity index (χ4n) is 0.580. The zero-order valence-corrected chi connectivity index (χ0v) is 7.01. The number of rotatable bonds is 5. The topological polar surface area (TPSA) is 38.0 Å². The van der Waals surface area contributed by atoms with E-state index in [1.165, 1.54) is 6.20 Å². The van der Waals surface area contributed by atoms with Crippen molar-refractivity contribution in [2.45, 2.75) is 13.3 Å². The van der Waals surface area contributed by atoms with Gasteiger partial charge < -0.3 is 11.1 Å². The van der Waals surface area contributed by atoms with Crippen LogP contribution in [0.4, 0.5) is 0 Å². The molecule has 62 valence electrons. The first-order valence-corrected chi connectivity index (χ1v) is 3.79. The molecular weight excluding hydrogens is 136 g/mol. The van der Waals surface area contributed by atoms with Gasteiger partial charge >= 0.3 is 0 Å². The van der Waals surface area contributed by atoms with E-state index in [-0.39, 0.29) is 0 Å². The van der Waals surface area contributed by atoms with Gasteiger partial charge in [-0.25, -0.2) is 0 Å². The molecule has 0 spiro atoms. The molecule has 0 saturated heterocycles. The van der Waals surface area contributed by atoms with Crippen LogP contribution in [0, 0.1) is 0 Å². The molecule has 0 unspecified atom stereocenters. The van der Waals surface area contributed by atoms with Gasteiger partial charge in [-0.05, 0) is 24.8 Å². The average Bonchev–Trinajstić information content (AvgIpc) is 2.01. The van der Waals surface area contributed by atoms with Gasteiger partial charge in [-0.1, -0.05) is 19.6 Å². The van der Waals surface area contributed by atoms with Crippen molar-refractivity contribution in [3.8, 4) is 0 Å². The normalized spacial score (nSPS) is 11.0. The predicted octanol–water partition coefficient (Wildman–Crippen LogP) is 1.53. The zero-order valence-electron chi connectivity index (χ0n) is 7.01. The molecule has 0 saturated carbocycles. The average molecular weight is 152 g/mol. The lowest BCUT2D eigenvalue weighted by Crippen LogP contribution is -2.10. The van der Waals surface area contributed by atoms with Crippen molar-refractivity contribution in [3.05, 3.63) is 36.7 Å². The first kappa shape index (κ1) is 9.82. The number of nitrogens with two attached hydrogens (primary N) is 1. The predicted molar refractivity (Wildman–Crippen MR) is 49.9 cm³/mol. The minimum Gasteiger partial charge on any atom is -0.405 e. The van der Waals surface area contributed by atoms with Crippen molar-refractivity contribution in [3.63, 3.8) is 0 Å². The molecule has 0 heterocycles. The molecule has 0 aliphatic carbocycles. The standard InChI is InChI=1S/C9H16N2/c1-3-8-11-9(2)6-4-5-7-10/h4-7,11H,2-3,8,10H2,1H3/b6-4-,7-5-. The summed E-state index contributed by atoms with van der Waals surface area (Å²) in [6.07, 6.45) is 8.10. The van der Waals surface area contributed by atoms with Gasteiger partial charge in [0.05, 0.1) is 0 Å². The van der Waals surface area contributed by atoms with Gasteiger partial charge in [-0.15, -0.1) is 0 Å². The molecule has 0 bridgehead atoms. The van der Waals surface area contributed by atoms with Crippen LogP contribution in [0.1, 0.15) is 13.3 Å². The summed E-state index contributed by atoms with van der Waals surface area (Å²) in [7, 11) is 0. The van der Waals surface area contributed by atoms with Crippen molar-refractivity contribution < 1.29 is 0 Å². The van der Waals surface area contributed by atoms with Gasteiger partial charge in [0.2, 0.25) is 0 Å². The van der Waals surface area contributed by atoms with Crippen LogP contribution in [0.25, 0.3) is 0 Å². The molecule has 11 heavy (non-hydrogen) atoms. The van der Waals surface area contributed by atoms with Crippen molar-refractivity contribution in [1.29, 1.82) is 0 Å². The highest BCUT2D eigenvalue weighted by Crippen LogP contribution is 1.87. The van der Waals surface area contributed by atoms with Crippen LogP contribution in [-0.4, -0.2) is 6.54 Å². The van der Waals surface area contributed by atoms with Crippen molar-refractivity contribution >= 4 is 0 Å². The highest BCUT2D eigenvalue weighted by atomic mass is 14.9. The van der Waals surface area contributed by atoms with Gasteiger partial charge in [0.15, 0.2) is 0 Å².